The van der Waals surface area contributed by atoms with E-state index in [1.165, 1.54) is 44.5 Å². The van der Waals surface area contributed by atoms with Crippen LogP contribution in [0.15, 0.2) is 42.5 Å². The van der Waals surface area contributed by atoms with Crippen LogP contribution in [0.4, 0.5) is 0 Å². The Bertz CT molecular complexity index is 899. The summed E-state index contributed by atoms with van der Waals surface area (Å²) in [6, 6.07) is 14.5. The van der Waals surface area contributed by atoms with Crippen molar-refractivity contribution in [2.45, 2.75) is 38.2 Å². The molecule has 164 valence electrons. The molecule has 31 heavy (non-hydrogen) atoms. The minimum absolute atomic E-state index is 0.0870. The van der Waals surface area contributed by atoms with Crippen LogP contribution < -0.4 is 4.74 Å². The predicted molar refractivity (Wildman–Crippen MR) is 122 cm³/mol. The van der Waals surface area contributed by atoms with Gasteiger partial charge in [0.25, 0.3) is 5.91 Å². The fraction of sp³-hybridized carbons (Fsp3) is 0.500. The summed E-state index contributed by atoms with van der Waals surface area (Å²) in [5.41, 5.74) is 4.31. The number of benzene rings is 2. The van der Waals surface area contributed by atoms with Gasteiger partial charge in [-0.25, -0.2) is 0 Å². The van der Waals surface area contributed by atoms with E-state index in [2.05, 4.69) is 23.1 Å². The van der Waals surface area contributed by atoms with Gasteiger partial charge in [0, 0.05) is 25.1 Å². The Kier molecular flexibility index (Phi) is 6.23. The highest BCUT2D eigenvalue weighted by Gasteiger charge is 2.24. The number of ether oxygens (including phenoxy) is 2. The number of rotatable bonds is 6. The minimum Gasteiger partial charge on any atom is -0.490 e. The molecule has 0 aromatic heterocycles. The second kappa shape index (κ2) is 9.41. The standard InChI is InChI=1S/C26H32N2O3/c29-26(28-14-16-30-17-15-28)21-7-5-20(6-8-21)22-9-10-23-18-24(31-25(23)19-22)4-3-13-27-11-1-2-12-27/h5-10,19,24H,1-4,11-18H2. The molecule has 1 amide bonds. The van der Waals surface area contributed by atoms with Gasteiger partial charge in [-0.1, -0.05) is 24.3 Å². The van der Waals surface area contributed by atoms with E-state index in [0.29, 0.717) is 32.4 Å². The van der Waals surface area contributed by atoms with Crippen molar-refractivity contribution in [2.24, 2.45) is 0 Å². The molecule has 2 saturated heterocycles. The molecule has 0 spiro atoms. The Morgan fingerprint density at radius 1 is 0.935 bits per heavy atom. The minimum atomic E-state index is 0.0870. The van der Waals surface area contributed by atoms with Crippen molar-refractivity contribution in [3.8, 4) is 16.9 Å². The van der Waals surface area contributed by atoms with Crippen LogP contribution in [0.5, 0.6) is 5.75 Å². The number of hydrogen-bond acceptors (Lipinski definition) is 4. The first-order valence-electron chi connectivity index (χ1n) is 11.8. The Hall–Kier alpha value is -2.37. The number of likely N-dealkylation sites (tertiary alicyclic amines) is 1. The maximum atomic E-state index is 12.7. The maximum Gasteiger partial charge on any atom is 0.254 e. The number of nitrogens with zero attached hydrogens (tertiary/aromatic N) is 2. The first-order chi connectivity index (χ1) is 15.3. The van der Waals surface area contributed by atoms with Crippen LogP contribution in [0.2, 0.25) is 0 Å². The number of morpholine rings is 1. The van der Waals surface area contributed by atoms with Crippen molar-refractivity contribution in [1.82, 2.24) is 9.80 Å². The van der Waals surface area contributed by atoms with Gasteiger partial charge in [0.15, 0.2) is 0 Å². The molecule has 5 heteroatoms. The number of fused-ring (bicyclic) bond motifs is 1. The molecule has 0 aliphatic carbocycles. The van der Waals surface area contributed by atoms with E-state index in [1.807, 2.05) is 29.2 Å². The van der Waals surface area contributed by atoms with Gasteiger partial charge in [-0.15, -0.1) is 0 Å². The molecule has 1 atom stereocenters. The zero-order valence-electron chi connectivity index (χ0n) is 18.2. The zero-order chi connectivity index (χ0) is 21.0. The van der Waals surface area contributed by atoms with E-state index in [0.717, 1.165) is 35.3 Å². The highest BCUT2D eigenvalue weighted by Crippen LogP contribution is 2.34. The Balaban J connectivity index is 1.19. The molecule has 2 fully saturated rings. The molecule has 2 aromatic carbocycles. The first-order valence-corrected chi connectivity index (χ1v) is 11.8. The summed E-state index contributed by atoms with van der Waals surface area (Å²) in [7, 11) is 0. The third-order valence-electron chi connectivity index (χ3n) is 6.77. The van der Waals surface area contributed by atoms with E-state index >= 15 is 0 Å². The fourth-order valence-corrected chi connectivity index (χ4v) is 4.94. The van der Waals surface area contributed by atoms with E-state index in [4.69, 9.17) is 9.47 Å². The summed E-state index contributed by atoms with van der Waals surface area (Å²) in [6.07, 6.45) is 6.37. The molecule has 0 N–H and O–H groups in total. The average molecular weight is 421 g/mol. The Morgan fingerprint density at radius 2 is 1.68 bits per heavy atom. The molecule has 0 saturated carbocycles. The highest BCUT2D eigenvalue weighted by molar-refractivity contribution is 5.94. The molecular formula is C26H32N2O3. The number of hydrogen-bond donors (Lipinski definition) is 0. The topological polar surface area (TPSA) is 42.0 Å². The lowest BCUT2D eigenvalue weighted by Gasteiger charge is -2.26. The second-order valence-corrected chi connectivity index (χ2v) is 8.94. The summed E-state index contributed by atoms with van der Waals surface area (Å²) in [5, 5.41) is 0. The van der Waals surface area contributed by atoms with Crippen molar-refractivity contribution < 1.29 is 14.3 Å². The van der Waals surface area contributed by atoms with Crippen molar-refractivity contribution >= 4 is 5.91 Å². The molecular weight excluding hydrogens is 388 g/mol. The smallest absolute Gasteiger partial charge is 0.254 e. The third kappa shape index (κ3) is 4.78. The Morgan fingerprint density at radius 3 is 2.45 bits per heavy atom. The van der Waals surface area contributed by atoms with E-state index in [-0.39, 0.29) is 5.91 Å². The molecule has 3 aliphatic heterocycles. The lowest BCUT2D eigenvalue weighted by Crippen LogP contribution is -2.40. The third-order valence-corrected chi connectivity index (χ3v) is 6.77. The van der Waals surface area contributed by atoms with Crippen molar-refractivity contribution in [1.29, 1.82) is 0 Å². The molecule has 5 nitrogen and oxygen atoms in total. The first kappa shape index (κ1) is 20.5. The molecule has 2 aromatic rings. The monoisotopic (exact) mass is 420 g/mol. The van der Waals surface area contributed by atoms with Gasteiger partial charge in [0.05, 0.1) is 13.2 Å². The van der Waals surface area contributed by atoms with Gasteiger partial charge < -0.3 is 19.3 Å². The van der Waals surface area contributed by atoms with Gasteiger partial charge in [-0.05, 0) is 80.2 Å². The second-order valence-electron chi connectivity index (χ2n) is 8.94. The van der Waals surface area contributed by atoms with E-state index < -0.39 is 0 Å². The predicted octanol–water partition coefficient (Wildman–Crippen LogP) is 4.01. The largest absolute Gasteiger partial charge is 0.490 e. The molecule has 1 unspecified atom stereocenters. The quantitative estimate of drug-likeness (QED) is 0.708. The van der Waals surface area contributed by atoms with Crippen LogP contribution in [0.25, 0.3) is 11.1 Å². The number of amides is 1. The van der Waals surface area contributed by atoms with Crippen molar-refractivity contribution in [2.75, 3.05) is 45.9 Å². The van der Waals surface area contributed by atoms with Crippen LogP contribution in [0.3, 0.4) is 0 Å². The maximum absolute atomic E-state index is 12.7. The van der Waals surface area contributed by atoms with Crippen molar-refractivity contribution in [3.63, 3.8) is 0 Å². The molecule has 3 aliphatic rings. The molecule has 0 radical (unpaired) electrons. The molecule has 0 bridgehead atoms. The summed E-state index contributed by atoms with van der Waals surface area (Å²) >= 11 is 0. The highest BCUT2D eigenvalue weighted by atomic mass is 16.5. The summed E-state index contributed by atoms with van der Waals surface area (Å²) in [6.45, 7) is 6.33. The van der Waals surface area contributed by atoms with Crippen molar-refractivity contribution in [3.05, 3.63) is 53.6 Å². The van der Waals surface area contributed by atoms with E-state index in [9.17, 15) is 4.79 Å². The lowest BCUT2D eigenvalue weighted by molar-refractivity contribution is 0.0303. The van der Waals surface area contributed by atoms with Gasteiger partial charge in [-0.3, -0.25) is 4.79 Å². The van der Waals surface area contributed by atoms with Crippen LogP contribution in [-0.2, 0) is 11.2 Å². The molecule has 3 heterocycles. The summed E-state index contributed by atoms with van der Waals surface area (Å²) in [4.78, 5) is 17.1. The van der Waals surface area contributed by atoms with Gasteiger partial charge in [-0.2, -0.15) is 0 Å². The Labute approximate surface area is 184 Å². The fourth-order valence-electron chi connectivity index (χ4n) is 4.94. The number of carbonyl (C=O) groups excluding carboxylic acids is 1. The van der Waals surface area contributed by atoms with E-state index in [1.54, 1.807) is 0 Å². The average Bonchev–Trinajstić information content (AvgIpc) is 3.48. The number of carbonyl (C=O) groups is 1. The van der Waals surface area contributed by atoms with Gasteiger partial charge >= 0.3 is 0 Å². The van der Waals surface area contributed by atoms with Crippen LogP contribution in [0, 0.1) is 0 Å². The normalized spacial score (nSPS) is 21.2. The van der Waals surface area contributed by atoms with Gasteiger partial charge in [0.1, 0.15) is 11.9 Å². The van der Waals surface area contributed by atoms with Crippen LogP contribution >= 0.6 is 0 Å². The van der Waals surface area contributed by atoms with Gasteiger partial charge in [0.2, 0.25) is 0 Å². The SMILES string of the molecule is O=C(c1ccc(-c2ccc3c(c2)OC(CCCN2CCCC2)C3)cc1)N1CCOCC1. The van der Waals surface area contributed by atoms with Crippen LogP contribution in [-0.4, -0.2) is 67.7 Å². The molecule has 5 rings (SSSR count). The summed E-state index contributed by atoms with van der Waals surface area (Å²) < 4.78 is 11.6. The zero-order valence-corrected chi connectivity index (χ0v) is 18.2. The lowest BCUT2D eigenvalue weighted by atomic mass is 10.00. The van der Waals surface area contributed by atoms with Crippen LogP contribution in [0.1, 0.15) is 41.6 Å². The summed E-state index contributed by atoms with van der Waals surface area (Å²) in [5.74, 6) is 1.11.